The van der Waals surface area contributed by atoms with Crippen molar-refractivity contribution < 1.29 is 0 Å². The molecule has 3 rings (SSSR count). The van der Waals surface area contributed by atoms with Crippen LogP contribution in [0.15, 0.2) is 47.1 Å². The van der Waals surface area contributed by atoms with Crippen molar-refractivity contribution in [2.75, 3.05) is 0 Å². The maximum absolute atomic E-state index is 4.38. The number of aromatic nitrogens is 1. The lowest BCUT2D eigenvalue weighted by Gasteiger charge is -2.06. The van der Waals surface area contributed by atoms with Crippen LogP contribution in [0.25, 0.3) is 21.7 Å². The summed E-state index contributed by atoms with van der Waals surface area (Å²) in [5.41, 5.74) is 2.31. The van der Waals surface area contributed by atoms with Crippen molar-refractivity contribution in [3.63, 3.8) is 0 Å². The summed E-state index contributed by atoms with van der Waals surface area (Å²) in [7, 11) is 0. The number of aryl methyl sites for hydroxylation is 1. The van der Waals surface area contributed by atoms with Gasteiger partial charge in [-0.25, -0.2) is 0 Å². The summed E-state index contributed by atoms with van der Waals surface area (Å²) in [6.45, 7) is 2.11. The van der Waals surface area contributed by atoms with E-state index in [1.54, 1.807) is 0 Å². The Morgan fingerprint density at radius 3 is 2.75 bits per heavy atom. The molecule has 0 saturated carbocycles. The van der Waals surface area contributed by atoms with Crippen LogP contribution >= 0.6 is 15.9 Å². The minimum absolute atomic E-state index is 1.03. The molecule has 2 aromatic carbocycles. The van der Waals surface area contributed by atoms with E-state index in [0.29, 0.717) is 0 Å². The smallest absolute Gasteiger partial charge is 0.0719 e. The summed E-state index contributed by atoms with van der Waals surface area (Å²) in [4.78, 5) is 4.38. The second-order valence-electron chi connectivity index (χ2n) is 3.98. The predicted octanol–water partition coefficient (Wildman–Crippen LogP) is 4.46. The fraction of sp³-hybridized carbons (Fsp3) is 0.0714. The number of fused-ring (bicyclic) bond motifs is 3. The first-order chi connectivity index (χ1) is 7.75. The summed E-state index contributed by atoms with van der Waals surface area (Å²) in [6.07, 6.45) is 1.83. The molecule has 0 bridgehead atoms. The molecule has 1 heterocycles. The summed E-state index contributed by atoms with van der Waals surface area (Å²) >= 11 is 3.61. The number of hydrogen-bond donors (Lipinski definition) is 0. The summed E-state index contributed by atoms with van der Waals surface area (Å²) in [6, 6.07) is 12.7. The first-order valence-corrected chi connectivity index (χ1v) is 5.98. The van der Waals surface area contributed by atoms with E-state index in [-0.39, 0.29) is 0 Å². The second-order valence-corrected chi connectivity index (χ2v) is 4.83. The Hall–Kier alpha value is -1.41. The Bertz CT molecular complexity index is 689. The van der Waals surface area contributed by atoms with Gasteiger partial charge in [0.2, 0.25) is 0 Å². The van der Waals surface area contributed by atoms with E-state index in [9.17, 15) is 0 Å². The van der Waals surface area contributed by atoms with Gasteiger partial charge in [-0.15, -0.1) is 0 Å². The molecule has 0 radical (unpaired) electrons. The highest BCUT2D eigenvalue weighted by atomic mass is 79.9. The van der Waals surface area contributed by atoms with Gasteiger partial charge in [0.15, 0.2) is 0 Å². The van der Waals surface area contributed by atoms with Gasteiger partial charge in [0, 0.05) is 16.1 Å². The molecule has 78 valence electrons. The number of pyridine rings is 1. The molecule has 2 heteroatoms. The fourth-order valence-electron chi connectivity index (χ4n) is 2.05. The zero-order chi connectivity index (χ0) is 11.1. The van der Waals surface area contributed by atoms with Crippen molar-refractivity contribution in [2.45, 2.75) is 6.92 Å². The maximum atomic E-state index is 4.38. The van der Waals surface area contributed by atoms with Crippen molar-refractivity contribution in [3.8, 4) is 0 Å². The molecule has 0 N–H and O–H groups in total. The van der Waals surface area contributed by atoms with Gasteiger partial charge in [0.1, 0.15) is 0 Å². The van der Waals surface area contributed by atoms with Crippen LogP contribution in [0.4, 0.5) is 0 Å². The largest absolute Gasteiger partial charge is 0.256 e. The number of benzene rings is 2. The van der Waals surface area contributed by atoms with Crippen LogP contribution in [-0.2, 0) is 0 Å². The summed E-state index contributed by atoms with van der Waals surface area (Å²) < 4.78 is 1.11. The van der Waals surface area contributed by atoms with Crippen molar-refractivity contribution in [1.82, 2.24) is 4.98 Å². The first kappa shape index (κ1) is 9.79. The van der Waals surface area contributed by atoms with Crippen LogP contribution in [0.2, 0.25) is 0 Å². The molecule has 1 nitrogen and oxygen atoms in total. The zero-order valence-corrected chi connectivity index (χ0v) is 10.5. The third-order valence-corrected chi connectivity index (χ3v) is 3.48. The fourth-order valence-corrected chi connectivity index (χ4v) is 2.59. The number of hydrogen-bond acceptors (Lipinski definition) is 1. The van der Waals surface area contributed by atoms with E-state index in [1.807, 2.05) is 12.3 Å². The molecule has 0 atom stereocenters. The minimum Gasteiger partial charge on any atom is -0.256 e. The molecule has 1 aromatic heterocycles. The topological polar surface area (TPSA) is 12.9 Å². The molecule has 0 spiro atoms. The molecule has 0 aliphatic heterocycles. The van der Waals surface area contributed by atoms with Crippen molar-refractivity contribution in [2.24, 2.45) is 0 Å². The van der Waals surface area contributed by atoms with Gasteiger partial charge in [0.05, 0.1) is 5.52 Å². The number of rotatable bonds is 0. The first-order valence-electron chi connectivity index (χ1n) is 5.19. The Kier molecular flexibility index (Phi) is 2.18. The average Bonchev–Trinajstić information content (AvgIpc) is 2.29. The Balaban J connectivity index is 2.59. The minimum atomic E-state index is 1.03. The molecule has 0 aliphatic rings. The normalized spacial score (nSPS) is 11.1. The lowest BCUT2D eigenvalue weighted by atomic mass is 10.0. The molecule has 0 aliphatic carbocycles. The highest BCUT2D eigenvalue weighted by Gasteiger charge is 2.05. The van der Waals surface area contributed by atoms with Crippen LogP contribution in [0.1, 0.15) is 5.56 Å². The molecule has 0 saturated heterocycles. The molecule has 3 aromatic rings. The van der Waals surface area contributed by atoms with Crippen LogP contribution < -0.4 is 0 Å². The van der Waals surface area contributed by atoms with Gasteiger partial charge in [-0.05, 0) is 29.8 Å². The van der Waals surface area contributed by atoms with Gasteiger partial charge < -0.3 is 0 Å². The van der Waals surface area contributed by atoms with Crippen LogP contribution in [0, 0.1) is 6.92 Å². The summed E-state index contributed by atoms with van der Waals surface area (Å²) in [5.74, 6) is 0. The van der Waals surface area contributed by atoms with E-state index in [1.165, 1.54) is 21.7 Å². The Morgan fingerprint density at radius 2 is 1.88 bits per heavy atom. The molecule has 0 fully saturated rings. The highest BCUT2D eigenvalue weighted by molar-refractivity contribution is 9.10. The van der Waals surface area contributed by atoms with Crippen LogP contribution in [-0.4, -0.2) is 4.98 Å². The lowest BCUT2D eigenvalue weighted by Crippen LogP contribution is -1.83. The van der Waals surface area contributed by atoms with E-state index >= 15 is 0 Å². The Morgan fingerprint density at radius 1 is 1.00 bits per heavy atom. The number of halogens is 1. The van der Waals surface area contributed by atoms with E-state index in [0.717, 1.165) is 9.99 Å². The molecule has 16 heavy (non-hydrogen) atoms. The monoisotopic (exact) mass is 271 g/mol. The third kappa shape index (κ3) is 1.41. The van der Waals surface area contributed by atoms with Gasteiger partial charge in [-0.3, -0.25) is 4.98 Å². The summed E-state index contributed by atoms with van der Waals surface area (Å²) in [5, 5.41) is 3.71. The van der Waals surface area contributed by atoms with E-state index in [2.05, 4.69) is 58.2 Å². The third-order valence-electron chi connectivity index (χ3n) is 2.82. The highest BCUT2D eigenvalue weighted by Crippen LogP contribution is 2.31. The number of nitrogens with zero attached hydrogens (tertiary/aromatic N) is 1. The molecular weight excluding hydrogens is 262 g/mol. The van der Waals surface area contributed by atoms with Gasteiger partial charge in [-0.2, -0.15) is 0 Å². The van der Waals surface area contributed by atoms with Crippen LogP contribution in [0.5, 0.6) is 0 Å². The standard InChI is InChI=1S/C14H10BrN/c1-9-4-5-10-11-3-2-6-16-14(11)8-13(15)12(10)7-9/h2-8H,1H3. The van der Waals surface area contributed by atoms with Gasteiger partial charge in [0.25, 0.3) is 0 Å². The van der Waals surface area contributed by atoms with Crippen molar-refractivity contribution in [1.29, 1.82) is 0 Å². The SMILES string of the molecule is Cc1ccc2c(c1)c(Br)cc1ncccc12. The van der Waals surface area contributed by atoms with E-state index in [4.69, 9.17) is 0 Å². The van der Waals surface area contributed by atoms with Gasteiger partial charge in [-0.1, -0.05) is 45.8 Å². The lowest BCUT2D eigenvalue weighted by molar-refractivity contribution is 1.41. The van der Waals surface area contributed by atoms with Crippen molar-refractivity contribution in [3.05, 3.63) is 52.6 Å². The van der Waals surface area contributed by atoms with Crippen LogP contribution in [0.3, 0.4) is 0 Å². The quantitative estimate of drug-likeness (QED) is 0.550. The van der Waals surface area contributed by atoms with E-state index < -0.39 is 0 Å². The zero-order valence-electron chi connectivity index (χ0n) is 8.87. The average molecular weight is 272 g/mol. The Labute approximate surface area is 102 Å². The molecular formula is C14H10BrN. The maximum Gasteiger partial charge on any atom is 0.0719 e. The molecule has 0 unspecified atom stereocenters. The van der Waals surface area contributed by atoms with Gasteiger partial charge >= 0.3 is 0 Å². The predicted molar refractivity (Wildman–Crippen MR) is 71.7 cm³/mol. The molecule has 0 amide bonds. The second kappa shape index (κ2) is 3.56. The van der Waals surface area contributed by atoms with Crippen molar-refractivity contribution >= 4 is 37.6 Å².